The highest BCUT2D eigenvalue weighted by Crippen LogP contribution is 2.38. The topological polar surface area (TPSA) is 123 Å². The van der Waals surface area contributed by atoms with E-state index in [4.69, 9.17) is 19.8 Å². The number of aliphatic imine (C=N–C) groups is 1. The van der Waals surface area contributed by atoms with Crippen LogP contribution < -0.4 is 10.5 Å². The number of benzene rings is 1. The van der Waals surface area contributed by atoms with E-state index in [1.165, 1.54) is 25.6 Å². The van der Waals surface area contributed by atoms with Gasteiger partial charge in [-0.1, -0.05) is 15.8 Å². The maximum atomic E-state index is 14.9. The molecular formula is C21H23FN6O2S. The minimum Gasteiger partial charge on any atom is -0.480 e. The number of ether oxygens (including phenoxy) is 1. The second kappa shape index (κ2) is 7.52. The predicted octanol–water partition coefficient (Wildman–Crippen LogP) is 3.69. The minimum atomic E-state index is -0.936. The molecule has 0 saturated carbocycles. The summed E-state index contributed by atoms with van der Waals surface area (Å²) in [7, 11) is 0.696. The van der Waals surface area contributed by atoms with Crippen molar-refractivity contribution >= 4 is 16.5 Å². The Balaban J connectivity index is 1.71. The molecule has 0 spiro atoms. The Kier molecular flexibility index (Phi) is 5.12. The van der Waals surface area contributed by atoms with Crippen LogP contribution in [-0.4, -0.2) is 38.6 Å². The summed E-state index contributed by atoms with van der Waals surface area (Å²) in [5.74, 6) is 1.19. The molecule has 0 radical (unpaired) electrons. The van der Waals surface area contributed by atoms with Crippen LogP contribution in [0.3, 0.4) is 0 Å². The maximum Gasteiger partial charge on any atom is 0.232 e. The number of nitrogens with zero attached hydrogens (tertiary/aromatic N) is 4. The summed E-state index contributed by atoms with van der Waals surface area (Å²) in [6.07, 6.45) is 3.03. The van der Waals surface area contributed by atoms with Crippen LogP contribution >= 0.6 is 0 Å². The second-order valence-electron chi connectivity index (χ2n) is 8.03. The number of nitrogens with one attached hydrogen (secondary N) is 1. The van der Waals surface area contributed by atoms with Crippen molar-refractivity contribution in [3.05, 3.63) is 48.0 Å². The monoisotopic (exact) mass is 442 g/mol. The average Bonchev–Trinajstić information content (AvgIpc) is 3.23. The van der Waals surface area contributed by atoms with Gasteiger partial charge in [0, 0.05) is 22.9 Å². The SMILES string of the molecule is COc1cnc(-c2cc(-c3ccc(F)c([C@]4(C)C[S@@](=N)C(C)(C)C(N)=N4)c3)on2)cn1. The first-order chi connectivity index (χ1) is 14.6. The van der Waals surface area contributed by atoms with Gasteiger partial charge >= 0.3 is 0 Å². The molecule has 0 aliphatic carbocycles. The lowest BCUT2D eigenvalue weighted by Crippen LogP contribution is -2.51. The van der Waals surface area contributed by atoms with Gasteiger partial charge in [-0.2, -0.15) is 0 Å². The lowest BCUT2D eigenvalue weighted by atomic mass is 9.91. The number of methoxy groups -OCH3 is 1. The lowest BCUT2D eigenvalue weighted by Gasteiger charge is -2.39. The largest absolute Gasteiger partial charge is 0.480 e. The molecule has 8 nitrogen and oxygen atoms in total. The van der Waals surface area contributed by atoms with Gasteiger partial charge in [-0.15, -0.1) is 0 Å². The number of hydrogen-bond acceptors (Lipinski definition) is 8. The van der Waals surface area contributed by atoms with E-state index in [9.17, 15) is 4.39 Å². The van der Waals surface area contributed by atoms with E-state index in [2.05, 4.69) is 20.1 Å². The van der Waals surface area contributed by atoms with Crippen molar-refractivity contribution in [3.63, 3.8) is 0 Å². The van der Waals surface area contributed by atoms with Gasteiger partial charge in [0.2, 0.25) is 5.88 Å². The molecule has 2 aromatic heterocycles. The summed E-state index contributed by atoms with van der Waals surface area (Å²) in [5.41, 5.74) is 7.26. The Bertz CT molecular complexity index is 1190. The Morgan fingerprint density at radius 1 is 1.16 bits per heavy atom. The minimum absolute atomic E-state index is 0.365. The number of hydrogen-bond donors (Lipinski definition) is 2. The molecule has 0 saturated heterocycles. The molecule has 0 amide bonds. The van der Waals surface area contributed by atoms with Crippen molar-refractivity contribution in [1.82, 2.24) is 15.1 Å². The van der Waals surface area contributed by atoms with Crippen LogP contribution in [-0.2, 0) is 16.2 Å². The van der Waals surface area contributed by atoms with Crippen LogP contribution in [0.4, 0.5) is 4.39 Å². The normalized spacial score (nSPS) is 22.7. The molecule has 0 bridgehead atoms. The fourth-order valence-corrected chi connectivity index (χ4v) is 4.78. The summed E-state index contributed by atoms with van der Waals surface area (Å²) in [6.45, 7) is 5.60. The van der Waals surface area contributed by atoms with Gasteiger partial charge in [0.15, 0.2) is 5.76 Å². The highest BCUT2D eigenvalue weighted by Gasteiger charge is 2.42. The molecule has 1 aliphatic heterocycles. The summed E-state index contributed by atoms with van der Waals surface area (Å²) < 4.78 is 33.3. The van der Waals surface area contributed by atoms with Crippen molar-refractivity contribution in [2.75, 3.05) is 12.9 Å². The van der Waals surface area contributed by atoms with E-state index in [1.54, 1.807) is 18.2 Å². The number of rotatable bonds is 4. The third-order valence-corrected chi connectivity index (χ3v) is 7.76. The zero-order valence-corrected chi connectivity index (χ0v) is 18.5. The number of aromatic nitrogens is 3. The molecule has 1 aliphatic rings. The van der Waals surface area contributed by atoms with Gasteiger partial charge in [-0.3, -0.25) is 9.77 Å². The van der Waals surface area contributed by atoms with E-state index >= 15 is 0 Å². The molecule has 0 fully saturated rings. The summed E-state index contributed by atoms with van der Waals surface area (Å²) >= 11 is 0. The zero-order chi connectivity index (χ0) is 22.4. The summed E-state index contributed by atoms with van der Waals surface area (Å²) in [6, 6.07) is 6.39. The van der Waals surface area contributed by atoms with E-state index < -0.39 is 26.8 Å². The van der Waals surface area contributed by atoms with Gasteiger partial charge in [-0.05, 0) is 39.0 Å². The predicted molar refractivity (Wildman–Crippen MR) is 117 cm³/mol. The van der Waals surface area contributed by atoms with Gasteiger partial charge in [0.25, 0.3) is 0 Å². The van der Waals surface area contributed by atoms with Crippen LogP contribution in [0.15, 0.2) is 46.2 Å². The van der Waals surface area contributed by atoms with Crippen molar-refractivity contribution in [2.45, 2.75) is 31.1 Å². The standard InChI is InChI=1S/C21H23FN6O2S/c1-20(2)19(23)27-21(3,11-31(20)24)13-7-12(5-6-14(13)22)17-8-15(28-30-17)16-9-26-18(29-4)10-25-16/h5-10,24H,11H2,1-4H3,(H2,23,27)/t21-,31+/m0/s1. The fraction of sp³-hybridized carbons (Fsp3) is 0.333. The van der Waals surface area contributed by atoms with Crippen LogP contribution in [0.5, 0.6) is 5.88 Å². The van der Waals surface area contributed by atoms with Crippen molar-refractivity contribution in [2.24, 2.45) is 10.7 Å². The second-order valence-corrected chi connectivity index (χ2v) is 10.1. The first kappa shape index (κ1) is 21.1. The lowest BCUT2D eigenvalue weighted by molar-refractivity contribution is 0.395. The maximum absolute atomic E-state index is 14.9. The van der Waals surface area contributed by atoms with Crippen molar-refractivity contribution < 1.29 is 13.7 Å². The Morgan fingerprint density at radius 3 is 2.58 bits per heavy atom. The van der Waals surface area contributed by atoms with E-state index in [-0.39, 0.29) is 0 Å². The molecule has 3 N–H and O–H groups in total. The molecule has 3 aromatic rings. The molecule has 0 unspecified atom stereocenters. The summed E-state index contributed by atoms with van der Waals surface area (Å²) in [5, 5.41) is 4.06. The van der Waals surface area contributed by atoms with E-state index in [0.717, 1.165) is 0 Å². The molecule has 31 heavy (non-hydrogen) atoms. The van der Waals surface area contributed by atoms with Crippen molar-refractivity contribution in [3.8, 4) is 28.6 Å². The van der Waals surface area contributed by atoms with E-state index in [0.29, 0.717) is 45.7 Å². The Morgan fingerprint density at radius 2 is 1.94 bits per heavy atom. The number of halogens is 1. The highest BCUT2D eigenvalue weighted by atomic mass is 32.2. The molecule has 3 heterocycles. The Labute approximate surface area is 181 Å². The number of nitrogens with two attached hydrogens (primary N) is 1. The van der Waals surface area contributed by atoms with Crippen molar-refractivity contribution in [1.29, 1.82) is 4.78 Å². The van der Waals surface area contributed by atoms with Crippen LogP contribution in [0.2, 0.25) is 0 Å². The van der Waals surface area contributed by atoms with Crippen LogP contribution in [0.1, 0.15) is 26.3 Å². The average molecular weight is 443 g/mol. The first-order valence-electron chi connectivity index (χ1n) is 9.55. The van der Waals surface area contributed by atoms with Gasteiger partial charge in [0.05, 0.1) is 29.8 Å². The molecule has 2 atom stereocenters. The molecule has 10 heteroatoms. The van der Waals surface area contributed by atoms with E-state index in [1.807, 2.05) is 20.8 Å². The molecular weight excluding hydrogens is 419 g/mol. The van der Waals surface area contributed by atoms with Crippen LogP contribution in [0.25, 0.3) is 22.7 Å². The number of amidine groups is 1. The first-order valence-corrected chi connectivity index (χ1v) is 10.9. The van der Waals surface area contributed by atoms with Crippen LogP contribution in [0, 0.1) is 10.6 Å². The smallest absolute Gasteiger partial charge is 0.232 e. The summed E-state index contributed by atoms with van der Waals surface area (Å²) in [4.78, 5) is 13.0. The zero-order valence-electron chi connectivity index (χ0n) is 17.6. The molecule has 1 aromatic carbocycles. The quantitative estimate of drug-likeness (QED) is 0.635. The molecule has 162 valence electrons. The third kappa shape index (κ3) is 3.71. The Hall–Kier alpha value is -3.14. The molecule has 4 rings (SSSR count). The van der Waals surface area contributed by atoms with Gasteiger partial charge in [0.1, 0.15) is 23.0 Å². The van der Waals surface area contributed by atoms with Gasteiger partial charge in [-0.25, -0.2) is 14.4 Å². The third-order valence-electron chi connectivity index (χ3n) is 5.47. The van der Waals surface area contributed by atoms with Gasteiger partial charge < -0.3 is 15.0 Å². The highest BCUT2D eigenvalue weighted by molar-refractivity contribution is 7.88. The fourth-order valence-electron chi connectivity index (χ4n) is 3.34.